The first-order valence-electron chi connectivity index (χ1n) is 5.27. The Morgan fingerprint density at radius 2 is 1.76 bits per heavy atom. The Morgan fingerprint density at radius 3 is 2.00 bits per heavy atom. The van der Waals surface area contributed by atoms with Crippen molar-refractivity contribution in [2.75, 3.05) is 14.2 Å². The maximum atomic E-state index is 12.1. The third-order valence-electron chi connectivity index (χ3n) is 1.77. The summed E-state index contributed by atoms with van der Waals surface area (Å²) in [5.74, 6) is -2.24. The number of esters is 1. The van der Waals surface area contributed by atoms with Gasteiger partial charge in [0.2, 0.25) is 9.64 Å². The average molecular weight is 425 g/mol. The van der Waals surface area contributed by atoms with Crippen LogP contribution in [0.25, 0.3) is 0 Å². The molecular weight excluding hydrogens is 408 g/mol. The lowest BCUT2D eigenvalue weighted by molar-refractivity contribution is -0.146. The molecule has 0 spiro atoms. The Kier molecular flexibility index (Phi) is 13.2. The minimum atomic E-state index is -3.83. The van der Waals surface area contributed by atoms with Crippen LogP contribution in [0.2, 0.25) is 0 Å². The summed E-state index contributed by atoms with van der Waals surface area (Å²) in [6.45, 7) is 1.78. The molecule has 0 fully saturated rings. The number of rotatable bonds is 6. The molecule has 0 aromatic carbocycles. The molecule has 21 heavy (non-hydrogen) atoms. The highest BCUT2D eigenvalue weighted by molar-refractivity contribution is 8.38. The van der Waals surface area contributed by atoms with Crippen LogP contribution < -0.4 is 0 Å². The zero-order chi connectivity index (χ0) is 17.3. The molecule has 0 saturated carbocycles. The lowest BCUT2D eigenvalue weighted by atomic mass is 10.3. The summed E-state index contributed by atoms with van der Waals surface area (Å²) in [7, 11) is -3.78. The molecule has 1 N–H and O–H groups in total. The Bertz CT molecular complexity index is 379. The summed E-state index contributed by atoms with van der Waals surface area (Å²) in [5, 5.41) is 0. The number of alkyl halides is 3. The summed E-state index contributed by atoms with van der Waals surface area (Å²) >= 11 is 19.9. The second-order valence-electron chi connectivity index (χ2n) is 3.29. The topological polar surface area (TPSA) is 99.1 Å². The molecule has 0 radical (unpaired) electrons. The molecule has 0 rings (SSSR count). The largest absolute Gasteiger partial charge is 0.579 e. The lowest BCUT2D eigenvalue weighted by Crippen LogP contribution is -2.32. The zero-order valence-electron chi connectivity index (χ0n) is 11.4. The van der Waals surface area contributed by atoms with E-state index in [1.54, 1.807) is 6.92 Å². The van der Waals surface area contributed by atoms with Crippen LogP contribution in [0.1, 0.15) is 19.8 Å². The maximum absolute atomic E-state index is 12.1. The van der Waals surface area contributed by atoms with E-state index in [0.29, 0.717) is 6.42 Å². The van der Waals surface area contributed by atoms with Gasteiger partial charge in [-0.05, 0) is 11.0 Å². The summed E-state index contributed by atoms with van der Waals surface area (Å²) in [4.78, 5) is 18.8. The molecule has 7 nitrogen and oxygen atoms in total. The van der Waals surface area contributed by atoms with Crippen LogP contribution in [0.15, 0.2) is 0 Å². The molecule has 2 atom stereocenters. The SMILES string of the molecule is CCCC(=O)OC(C(Cl)(Cl)Cl)P(=O)(OC)OC.O=[P+](O)S. The molecule has 0 aromatic heterocycles. The summed E-state index contributed by atoms with van der Waals surface area (Å²) in [5.41, 5.74) is 0. The van der Waals surface area contributed by atoms with Crippen LogP contribution in [0.3, 0.4) is 0 Å². The van der Waals surface area contributed by atoms with E-state index in [-0.39, 0.29) is 6.42 Å². The molecule has 0 aliphatic carbocycles. The van der Waals surface area contributed by atoms with Crippen LogP contribution in [0.4, 0.5) is 0 Å². The zero-order valence-corrected chi connectivity index (χ0v) is 16.3. The fourth-order valence-corrected chi connectivity index (χ4v) is 3.31. The van der Waals surface area contributed by atoms with E-state index in [0.717, 1.165) is 14.2 Å². The number of hydrogen-bond acceptors (Lipinski definition) is 6. The van der Waals surface area contributed by atoms with Gasteiger partial charge >= 0.3 is 20.8 Å². The number of halogens is 3. The van der Waals surface area contributed by atoms with E-state index in [1.165, 1.54) is 0 Å². The summed E-state index contributed by atoms with van der Waals surface area (Å²) in [6.07, 6.45) is 0.667. The highest BCUT2D eigenvalue weighted by Crippen LogP contribution is 2.59. The van der Waals surface area contributed by atoms with Crippen molar-refractivity contribution < 1.29 is 32.6 Å². The van der Waals surface area contributed by atoms with Gasteiger partial charge in [-0.25, -0.2) is 0 Å². The van der Waals surface area contributed by atoms with Crippen LogP contribution in [-0.4, -0.2) is 34.7 Å². The van der Waals surface area contributed by atoms with Gasteiger partial charge in [0.05, 0.1) is 0 Å². The van der Waals surface area contributed by atoms with Crippen molar-refractivity contribution in [2.45, 2.75) is 29.4 Å². The van der Waals surface area contributed by atoms with Crippen molar-refractivity contribution in [3.63, 3.8) is 0 Å². The van der Waals surface area contributed by atoms with Crippen LogP contribution in [0, 0.1) is 0 Å². The first-order chi connectivity index (χ1) is 9.44. The van der Waals surface area contributed by atoms with Crippen molar-refractivity contribution in [1.29, 1.82) is 0 Å². The molecule has 0 saturated heterocycles. The molecule has 0 bridgehead atoms. The van der Waals surface area contributed by atoms with Crippen LogP contribution in [0.5, 0.6) is 0 Å². The Balaban J connectivity index is 0. The van der Waals surface area contributed by atoms with Gasteiger partial charge in [-0.3, -0.25) is 9.36 Å². The van der Waals surface area contributed by atoms with E-state index in [2.05, 4.69) is 21.3 Å². The molecule has 0 amide bonds. The normalized spacial score (nSPS) is 13.8. The third kappa shape index (κ3) is 11.1. The molecule has 0 aliphatic heterocycles. The van der Waals surface area contributed by atoms with E-state index in [1.807, 2.05) is 0 Å². The van der Waals surface area contributed by atoms with E-state index in [4.69, 9.17) is 49.0 Å². The second-order valence-corrected chi connectivity index (χ2v) is 9.47. The van der Waals surface area contributed by atoms with Gasteiger partial charge in [-0.1, -0.05) is 41.7 Å². The summed E-state index contributed by atoms with van der Waals surface area (Å²) < 4.78 is 33.1. The molecule has 0 aromatic rings. The Labute approximate surface area is 144 Å². The van der Waals surface area contributed by atoms with Gasteiger partial charge in [-0.2, -0.15) is 4.89 Å². The van der Waals surface area contributed by atoms with Gasteiger partial charge in [0, 0.05) is 20.6 Å². The smallest absolute Gasteiger partial charge is 0.445 e. The van der Waals surface area contributed by atoms with Crippen molar-refractivity contribution in [2.24, 2.45) is 0 Å². The van der Waals surface area contributed by atoms with Crippen molar-refractivity contribution in [3.05, 3.63) is 0 Å². The molecular formula is C8H16Cl3O7P2S+. The lowest BCUT2D eigenvalue weighted by Gasteiger charge is -2.28. The first-order valence-corrected chi connectivity index (χ1v) is 10.4. The van der Waals surface area contributed by atoms with Gasteiger partial charge in [0.15, 0.2) is 0 Å². The second kappa shape index (κ2) is 11.4. The first kappa shape index (κ1) is 24.2. The predicted octanol–water partition coefficient (Wildman–Crippen LogP) is 4.08. The minimum absolute atomic E-state index is 0.116. The predicted molar refractivity (Wildman–Crippen MR) is 85.5 cm³/mol. The van der Waals surface area contributed by atoms with E-state index < -0.39 is 30.4 Å². The molecule has 0 heterocycles. The number of thiol groups is 1. The van der Waals surface area contributed by atoms with Crippen molar-refractivity contribution in [1.82, 2.24) is 0 Å². The monoisotopic (exact) mass is 423 g/mol. The number of hydrogen-bond donors (Lipinski definition) is 2. The highest BCUT2D eigenvalue weighted by atomic mass is 35.6. The highest BCUT2D eigenvalue weighted by Gasteiger charge is 2.51. The number of ether oxygens (including phenoxy) is 1. The fourth-order valence-electron chi connectivity index (χ4n) is 0.964. The van der Waals surface area contributed by atoms with Gasteiger partial charge < -0.3 is 13.8 Å². The van der Waals surface area contributed by atoms with Crippen molar-refractivity contribution >= 4 is 67.8 Å². The fraction of sp³-hybridized carbons (Fsp3) is 0.875. The van der Waals surface area contributed by atoms with Crippen molar-refractivity contribution in [3.8, 4) is 0 Å². The third-order valence-corrected chi connectivity index (χ3v) is 4.91. The van der Waals surface area contributed by atoms with Crippen LogP contribution >= 0.6 is 61.9 Å². The quantitative estimate of drug-likeness (QED) is 0.287. The number of carbonyl (C=O) groups excluding carboxylic acids is 1. The molecule has 0 aliphatic rings. The summed E-state index contributed by atoms with van der Waals surface area (Å²) in [6, 6.07) is 0. The van der Waals surface area contributed by atoms with Gasteiger partial charge in [0.1, 0.15) is 12.2 Å². The number of carbonyl (C=O) groups is 1. The van der Waals surface area contributed by atoms with Gasteiger partial charge in [-0.15, -0.1) is 0 Å². The van der Waals surface area contributed by atoms with E-state index in [9.17, 15) is 9.36 Å². The van der Waals surface area contributed by atoms with Gasteiger partial charge in [0.25, 0.3) is 0 Å². The van der Waals surface area contributed by atoms with E-state index >= 15 is 0 Å². The molecule has 126 valence electrons. The molecule has 13 heteroatoms. The maximum Gasteiger partial charge on any atom is 0.579 e. The Morgan fingerprint density at radius 1 is 1.38 bits per heavy atom. The average Bonchev–Trinajstić information content (AvgIpc) is 2.33. The Hall–Kier alpha value is 0.900. The van der Waals surface area contributed by atoms with Crippen LogP contribution in [-0.2, 0) is 27.7 Å². The minimum Gasteiger partial charge on any atom is -0.445 e. The standard InChI is InChI=1S/C8H14Cl3O5P.HO2PS/c1-4-5-6(12)16-7(8(9,10)11)17(13,14-2)15-3;1-3(2)4/h7H,4-5H2,1-3H3;(H-,1,2,4)/p+1. The molecule has 2 unspecified atom stereocenters.